The average molecular weight is 259 g/mol. The Labute approximate surface area is 104 Å². The van der Waals surface area contributed by atoms with Crippen molar-refractivity contribution in [3.8, 4) is 0 Å². The first-order valence-electron chi connectivity index (χ1n) is 6.49. The van der Waals surface area contributed by atoms with Crippen LogP contribution in [0.5, 0.6) is 0 Å². The topological polar surface area (TPSA) is 41.8 Å². The van der Waals surface area contributed by atoms with Crippen LogP contribution in [0.15, 0.2) is 12.2 Å². The fourth-order valence-electron chi connectivity index (χ4n) is 2.79. The van der Waals surface area contributed by atoms with E-state index in [1.807, 2.05) is 0 Å². The molecule has 0 bridgehead atoms. The van der Waals surface area contributed by atoms with Crippen molar-refractivity contribution in [1.29, 1.82) is 0 Å². The summed E-state index contributed by atoms with van der Waals surface area (Å²) < 4.78 is 24.4. The molecule has 4 nitrogen and oxygen atoms in total. The van der Waals surface area contributed by atoms with Gasteiger partial charge in [-0.1, -0.05) is 12.2 Å². The maximum absolute atomic E-state index is 11.4. The van der Waals surface area contributed by atoms with Gasteiger partial charge in [-0.3, -0.25) is 0 Å². The van der Waals surface area contributed by atoms with Crippen LogP contribution in [0.1, 0.15) is 19.3 Å². The summed E-state index contributed by atoms with van der Waals surface area (Å²) in [5, 5.41) is 0. The van der Waals surface area contributed by atoms with Crippen molar-refractivity contribution in [2.45, 2.75) is 19.3 Å². The Morgan fingerprint density at radius 1 is 1.29 bits per heavy atom. The van der Waals surface area contributed by atoms with Gasteiger partial charge in [0.2, 0.25) is 10.0 Å². The van der Waals surface area contributed by atoms with Gasteiger partial charge in [0.25, 0.3) is 0 Å². The smallest absolute Gasteiger partial charge is 0.211 e. The standard InChI is InChI=1S/C12H22N2O2S/c1-17(15,16)14-9-7-13(8-10-14)11-12-5-3-2-4-6-12/h2-3,12H,4-11H2,1H3/p+1. The number of rotatable bonds is 3. The minimum absolute atomic E-state index is 0.691. The van der Waals surface area contributed by atoms with Crippen LogP contribution in [0.4, 0.5) is 0 Å². The maximum atomic E-state index is 11.4. The molecule has 1 unspecified atom stereocenters. The van der Waals surface area contributed by atoms with E-state index in [9.17, 15) is 8.42 Å². The summed E-state index contributed by atoms with van der Waals surface area (Å²) in [6, 6.07) is 0. The fraction of sp³-hybridized carbons (Fsp3) is 0.833. The van der Waals surface area contributed by atoms with Crippen molar-refractivity contribution >= 4 is 10.0 Å². The second-order valence-corrected chi connectivity index (χ2v) is 7.25. The van der Waals surface area contributed by atoms with E-state index in [1.54, 1.807) is 9.21 Å². The molecule has 0 saturated carbocycles. The molecule has 0 radical (unpaired) electrons. The predicted molar refractivity (Wildman–Crippen MR) is 68.5 cm³/mol. The van der Waals surface area contributed by atoms with Crippen molar-refractivity contribution in [2.75, 3.05) is 39.0 Å². The molecule has 1 atom stereocenters. The van der Waals surface area contributed by atoms with Gasteiger partial charge in [-0.05, 0) is 19.3 Å². The molecule has 0 aromatic heterocycles. The molecule has 1 aliphatic heterocycles. The highest BCUT2D eigenvalue weighted by molar-refractivity contribution is 7.88. The minimum atomic E-state index is -2.97. The molecule has 0 amide bonds. The Balaban J connectivity index is 1.77. The largest absolute Gasteiger partial charge is 0.333 e. The van der Waals surface area contributed by atoms with E-state index in [0.717, 1.165) is 19.0 Å². The molecule has 17 heavy (non-hydrogen) atoms. The lowest BCUT2D eigenvalue weighted by Crippen LogP contribution is -3.15. The molecular formula is C12H23N2O2S+. The number of hydrogen-bond acceptors (Lipinski definition) is 2. The molecule has 1 heterocycles. The van der Waals surface area contributed by atoms with Crippen LogP contribution in [0.3, 0.4) is 0 Å². The van der Waals surface area contributed by atoms with Gasteiger partial charge in [-0.25, -0.2) is 8.42 Å². The van der Waals surface area contributed by atoms with Crippen molar-refractivity contribution in [2.24, 2.45) is 5.92 Å². The van der Waals surface area contributed by atoms with E-state index in [2.05, 4.69) is 12.2 Å². The molecule has 0 spiro atoms. The van der Waals surface area contributed by atoms with Crippen LogP contribution in [-0.4, -0.2) is 51.7 Å². The maximum Gasteiger partial charge on any atom is 0.211 e. The summed E-state index contributed by atoms with van der Waals surface area (Å²) in [7, 11) is -2.97. The summed E-state index contributed by atoms with van der Waals surface area (Å²) >= 11 is 0. The second kappa shape index (κ2) is 5.50. The van der Waals surface area contributed by atoms with Gasteiger partial charge in [0, 0.05) is 5.92 Å². The summed E-state index contributed by atoms with van der Waals surface area (Å²) in [6.45, 7) is 4.52. The molecule has 1 N–H and O–H groups in total. The number of allylic oxidation sites excluding steroid dienone is 2. The number of piperazine rings is 1. The van der Waals surface area contributed by atoms with E-state index >= 15 is 0 Å². The first-order chi connectivity index (χ1) is 8.05. The van der Waals surface area contributed by atoms with E-state index in [1.165, 1.54) is 32.1 Å². The molecule has 0 aromatic carbocycles. The lowest BCUT2D eigenvalue weighted by Gasteiger charge is -2.33. The summed E-state index contributed by atoms with van der Waals surface area (Å²) in [5.41, 5.74) is 0. The van der Waals surface area contributed by atoms with Crippen LogP contribution in [-0.2, 0) is 10.0 Å². The average Bonchev–Trinajstić information content (AvgIpc) is 2.30. The molecule has 0 aromatic rings. The van der Waals surface area contributed by atoms with E-state index in [0.29, 0.717) is 13.1 Å². The van der Waals surface area contributed by atoms with Gasteiger partial charge in [0.05, 0.1) is 39.0 Å². The first kappa shape index (κ1) is 13.1. The van der Waals surface area contributed by atoms with Crippen molar-refractivity contribution in [3.05, 3.63) is 12.2 Å². The van der Waals surface area contributed by atoms with Crippen molar-refractivity contribution in [1.82, 2.24) is 4.31 Å². The molecule has 5 heteroatoms. The predicted octanol–water partition coefficient (Wildman–Crippen LogP) is -0.497. The van der Waals surface area contributed by atoms with Crippen LogP contribution in [0, 0.1) is 5.92 Å². The fourth-order valence-corrected chi connectivity index (χ4v) is 3.63. The Kier molecular flexibility index (Phi) is 4.22. The minimum Gasteiger partial charge on any atom is -0.333 e. The summed E-state index contributed by atoms with van der Waals surface area (Å²) in [4.78, 5) is 1.57. The van der Waals surface area contributed by atoms with Gasteiger partial charge < -0.3 is 4.90 Å². The van der Waals surface area contributed by atoms with Gasteiger partial charge in [0.15, 0.2) is 0 Å². The Bertz CT molecular complexity index is 370. The van der Waals surface area contributed by atoms with E-state index in [4.69, 9.17) is 0 Å². The van der Waals surface area contributed by atoms with Gasteiger partial charge in [0.1, 0.15) is 0 Å². The molecule has 2 aliphatic rings. The number of sulfonamides is 1. The lowest BCUT2D eigenvalue weighted by molar-refractivity contribution is -0.907. The summed E-state index contributed by atoms with van der Waals surface area (Å²) in [5.74, 6) is 0.805. The van der Waals surface area contributed by atoms with Crippen molar-refractivity contribution < 1.29 is 13.3 Å². The van der Waals surface area contributed by atoms with Crippen LogP contribution in [0.25, 0.3) is 0 Å². The SMILES string of the molecule is CS(=O)(=O)N1CC[NH+](CC2CC=CCC2)CC1. The van der Waals surface area contributed by atoms with E-state index < -0.39 is 10.0 Å². The third-order valence-electron chi connectivity index (χ3n) is 3.85. The number of nitrogens with zero attached hydrogens (tertiary/aromatic N) is 1. The van der Waals surface area contributed by atoms with Crippen LogP contribution in [0.2, 0.25) is 0 Å². The Hall–Kier alpha value is -0.390. The molecule has 98 valence electrons. The molecule has 1 saturated heterocycles. The first-order valence-corrected chi connectivity index (χ1v) is 8.34. The van der Waals surface area contributed by atoms with Crippen LogP contribution < -0.4 is 4.90 Å². The zero-order valence-electron chi connectivity index (χ0n) is 10.6. The molecular weight excluding hydrogens is 236 g/mol. The van der Waals surface area contributed by atoms with Gasteiger partial charge >= 0.3 is 0 Å². The van der Waals surface area contributed by atoms with Crippen molar-refractivity contribution in [3.63, 3.8) is 0 Å². The zero-order valence-corrected chi connectivity index (χ0v) is 11.4. The third kappa shape index (κ3) is 3.79. The molecule has 2 rings (SSSR count). The number of hydrogen-bond donors (Lipinski definition) is 1. The number of quaternary nitrogens is 1. The van der Waals surface area contributed by atoms with Crippen LogP contribution >= 0.6 is 0 Å². The highest BCUT2D eigenvalue weighted by Gasteiger charge is 2.27. The number of nitrogens with one attached hydrogen (secondary N) is 1. The zero-order chi connectivity index (χ0) is 12.3. The Morgan fingerprint density at radius 3 is 2.53 bits per heavy atom. The van der Waals surface area contributed by atoms with E-state index in [-0.39, 0.29) is 0 Å². The second-order valence-electron chi connectivity index (χ2n) is 5.27. The Morgan fingerprint density at radius 2 is 2.00 bits per heavy atom. The molecule has 1 aliphatic carbocycles. The van der Waals surface area contributed by atoms with Gasteiger partial charge in [-0.2, -0.15) is 4.31 Å². The lowest BCUT2D eigenvalue weighted by atomic mass is 9.94. The normalized spacial score (nSPS) is 28.4. The highest BCUT2D eigenvalue weighted by Crippen LogP contribution is 2.16. The summed E-state index contributed by atoms with van der Waals surface area (Å²) in [6.07, 6.45) is 9.60. The third-order valence-corrected chi connectivity index (χ3v) is 5.16. The molecule has 1 fully saturated rings. The quantitative estimate of drug-likeness (QED) is 0.695. The highest BCUT2D eigenvalue weighted by atomic mass is 32.2. The van der Waals surface area contributed by atoms with Gasteiger partial charge in [-0.15, -0.1) is 0 Å². The monoisotopic (exact) mass is 259 g/mol.